The number of hydrogen-bond donors (Lipinski definition) is 1. The van der Waals surface area contributed by atoms with E-state index in [1.807, 2.05) is 12.1 Å². The van der Waals surface area contributed by atoms with E-state index in [0.29, 0.717) is 11.4 Å². The Morgan fingerprint density at radius 1 is 1.28 bits per heavy atom. The summed E-state index contributed by atoms with van der Waals surface area (Å²) in [6.45, 7) is 0. The zero-order chi connectivity index (χ0) is 12.8. The maximum Gasteiger partial charge on any atom is 0.237 e. The molecule has 0 saturated carbocycles. The fourth-order valence-corrected chi connectivity index (χ4v) is 1.34. The number of hydrazone groups is 1. The summed E-state index contributed by atoms with van der Waals surface area (Å²) in [5.74, 6) is 0.573. The molecule has 0 aliphatic rings. The van der Waals surface area contributed by atoms with Crippen molar-refractivity contribution in [3.05, 3.63) is 36.9 Å². The molecule has 0 radical (unpaired) electrons. The molecular formula is C12H7N5O. The molecule has 0 amide bonds. The number of nitrogens with one attached hydrogen (secondary N) is 1. The smallest absolute Gasteiger partial charge is 0.237 e. The van der Waals surface area contributed by atoms with Gasteiger partial charge in [0.2, 0.25) is 5.71 Å². The van der Waals surface area contributed by atoms with Crippen LogP contribution in [0.2, 0.25) is 0 Å². The molecular weight excluding hydrogens is 230 g/mol. The SMILES string of the molecule is N#CC(C#N)=NNc1ccccc1-c1cnco1. The monoisotopic (exact) mass is 237 g/mol. The highest BCUT2D eigenvalue weighted by Crippen LogP contribution is 2.27. The van der Waals surface area contributed by atoms with Crippen molar-refractivity contribution in [2.45, 2.75) is 0 Å². The first kappa shape index (κ1) is 11.4. The molecule has 0 aliphatic heterocycles. The molecule has 0 fully saturated rings. The standard InChI is InChI=1S/C12H7N5O/c13-5-9(6-14)16-17-11-4-2-1-3-10(11)12-7-15-8-18-12/h1-4,7-8,17H. The predicted octanol–water partition coefficient (Wildman–Crippen LogP) is 2.16. The fourth-order valence-electron chi connectivity index (χ4n) is 1.34. The molecule has 1 heterocycles. The van der Waals surface area contributed by atoms with Gasteiger partial charge in [-0.3, -0.25) is 5.43 Å². The number of oxazole rings is 1. The first-order valence-corrected chi connectivity index (χ1v) is 4.97. The third-order valence-corrected chi connectivity index (χ3v) is 2.12. The summed E-state index contributed by atoms with van der Waals surface area (Å²) in [7, 11) is 0. The number of nitrogens with zero attached hydrogens (tertiary/aromatic N) is 4. The zero-order valence-electron chi connectivity index (χ0n) is 9.16. The molecule has 0 spiro atoms. The molecule has 0 bridgehead atoms. The van der Waals surface area contributed by atoms with Gasteiger partial charge in [-0.25, -0.2) is 4.98 Å². The minimum atomic E-state index is -0.248. The summed E-state index contributed by atoms with van der Waals surface area (Å²) in [5, 5.41) is 20.9. The molecule has 1 aromatic heterocycles. The van der Waals surface area contributed by atoms with Crippen LogP contribution < -0.4 is 5.43 Å². The van der Waals surface area contributed by atoms with Gasteiger partial charge in [-0.15, -0.1) is 0 Å². The van der Waals surface area contributed by atoms with E-state index in [2.05, 4.69) is 15.5 Å². The van der Waals surface area contributed by atoms with Gasteiger partial charge in [-0.1, -0.05) is 12.1 Å². The first-order valence-electron chi connectivity index (χ1n) is 4.97. The summed E-state index contributed by atoms with van der Waals surface area (Å²) in [5.41, 5.74) is 3.78. The van der Waals surface area contributed by atoms with Gasteiger partial charge >= 0.3 is 0 Å². The zero-order valence-corrected chi connectivity index (χ0v) is 9.16. The van der Waals surface area contributed by atoms with E-state index in [1.165, 1.54) is 6.39 Å². The van der Waals surface area contributed by atoms with E-state index in [-0.39, 0.29) is 5.71 Å². The van der Waals surface area contributed by atoms with E-state index >= 15 is 0 Å². The Hall–Kier alpha value is -3.12. The highest BCUT2D eigenvalue weighted by Gasteiger charge is 2.07. The Labute approximate surface area is 103 Å². The number of hydrogen-bond acceptors (Lipinski definition) is 6. The summed E-state index contributed by atoms with van der Waals surface area (Å²) >= 11 is 0. The second kappa shape index (κ2) is 5.28. The molecule has 0 saturated heterocycles. The maximum atomic E-state index is 8.59. The van der Waals surface area contributed by atoms with Crippen molar-refractivity contribution in [1.82, 2.24) is 4.98 Å². The lowest BCUT2D eigenvalue weighted by atomic mass is 10.1. The summed E-state index contributed by atoms with van der Waals surface area (Å²) in [6.07, 6.45) is 2.89. The Kier molecular flexibility index (Phi) is 3.34. The summed E-state index contributed by atoms with van der Waals surface area (Å²) in [4.78, 5) is 3.83. The average Bonchev–Trinajstić information content (AvgIpc) is 2.94. The van der Waals surface area contributed by atoms with Crippen LogP contribution >= 0.6 is 0 Å². The van der Waals surface area contributed by atoms with Crippen molar-refractivity contribution in [1.29, 1.82) is 10.5 Å². The Morgan fingerprint density at radius 3 is 2.72 bits per heavy atom. The van der Waals surface area contributed by atoms with Crippen LogP contribution in [-0.4, -0.2) is 10.7 Å². The van der Waals surface area contributed by atoms with E-state index in [4.69, 9.17) is 14.9 Å². The number of para-hydroxylation sites is 1. The van der Waals surface area contributed by atoms with E-state index in [9.17, 15) is 0 Å². The minimum absolute atomic E-state index is 0.248. The third kappa shape index (κ3) is 2.34. The summed E-state index contributed by atoms with van der Waals surface area (Å²) < 4.78 is 5.19. The van der Waals surface area contributed by atoms with Gasteiger partial charge < -0.3 is 4.42 Å². The van der Waals surface area contributed by atoms with Gasteiger partial charge in [-0.2, -0.15) is 15.6 Å². The van der Waals surface area contributed by atoms with Crippen molar-refractivity contribution >= 4 is 11.4 Å². The van der Waals surface area contributed by atoms with E-state index in [0.717, 1.165) is 5.56 Å². The number of anilines is 1. The predicted molar refractivity (Wildman–Crippen MR) is 64.2 cm³/mol. The molecule has 1 N–H and O–H groups in total. The van der Waals surface area contributed by atoms with Crippen molar-refractivity contribution in [2.24, 2.45) is 5.10 Å². The quantitative estimate of drug-likeness (QED) is 0.651. The van der Waals surface area contributed by atoms with Crippen LogP contribution in [0.5, 0.6) is 0 Å². The lowest BCUT2D eigenvalue weighted by Gasteiger charge is -2.05. The van der Waals surface area contributed by atoms with Crippen LogP contribution in [0.1, 0.15) is 0 Å². The van der Waals surface area contributed by atoms with E-state index < -0.39 is 0 Å². The van der Waals surface area contributed by atoms with Crippen molar-refractivity contribution in [3.8, 4) is 23.5 Å². The average molecular weight is 237 g/mol. The van der Waals surface area contributed by atoms with Gasteiger partial charge in [0.25, 0.3) is 0 Å². The van der Waals surface area contributed by atoms with Gasteiger partial charge in [0.1, 0.15) is 12.1 Å². The number of benzene rings is 1. The van der Waals surface area contributed by atoms with Crippen LogP contribution in [0.4, 0.5) is 5.69 Å². The maximum absolute atomic E-state index is 8.59. The van der Waals surface area contributed by atoms with Gasteiger partial charge in [0, 0.05) is 5.56 Å². The van der Waals surface area contributed by atoms with Crippen molar-refractivity contribution in [2.75, 3.05) is 5.43 Å². The number of nitriles is 2. The normalized spacial score (nSPS) is 9.00. The fraction of sp³-hybridized carbons (Fsp3) is 0. The first-order chi connectivity index (χ1) is 8.85. The van der Waals surface area contributed by atoms with Gasteiger partial charge in [-0.05, 0) is 12.1 Å². The molecule has 2 rings (SSSR count). The molecule has 6 nitrogen and oxygen atoms in total. The summed E-state index contributed by atoms with van der Waals surface area (Å²) in [6, 6.07) is 10.5. The van der Waals surface area contributed by atoms with Gasteiger partial charge in [0.05, 0.1) is 11.9 Å². The van der Waals surface area contributed by atoms with Gasteiger partial charge in [0.15, 0.2) is 12.2 Å². The molecule has 18 heavy (non-hydrogen) atoms. The topological polar surface area (TPSA) is 98.0 Å². The van der Waals surface area contributed by atoms with Crippen LogP contribution in [0, 0.1) is 22.7 Å². The lowest BCUT2D eigenvalue weighted by molar-refractivity contribution is 0.572. The second-order valence-corrected chi connectivity index (χ2v) is 3.21. The Balaban J connectivity index is 2.33. The Bertz CT molecular complexity index is 630. The van der Waals surface area contributed by atoms with E-state index in [1.54, 1.807) is 30.5 Å². The largest absolute Gasteiger partial charge is 0.443 e. The molecule has 0 atom stereocenters. The highest BCUT2D eigenvalue weighted by molar-refractivity contribution is 6.10. The van der Waals surface area contributed by atoms with Crippen molar-refractivity contribution in [3.63, 3.8) is 0 Å². The van der Waals surface area contributed by atoms with Crippen LogP contribution in [0.3, 0.4) is 0 Å². The molecule has 1 aromatic carbocycles. The number of aromatic nitrogens is 1. The molecule has 6 heteroatoms. The van der Waals surface area contributed by atoms with Crippen LogP contribution in [0.15, 0.2) is 46.4 Å². The van der Waals surface area contributed by atoms with Crippen LogP contribution in [0.25, 0.3) is 11.3 Å². The second-order valence-electron chi connectivity index (χ2n) is 3.21. The van der Waals surface area contributed by atoms with Crippen LogP contribution in [-0.2, 0) is 0 Å². The molecule has 0 aliphatic carbocycles. The van der Waals surface area contributed by atoms with Crippen molar-refractivity contribution < 1.29 is 4.42 Å². The molecule has 2 aromatic rings. The Morgan fingerprint density at radius 2 is 2.06 bits per heavy atom. The third-order valence-electron chi connectivity index (χ3n) is 2.12. The molecule has 0 unspecified atom stereocenters. The molecule has 86 valence electrons. The highest BCUT2D eigenvalue weighted by atomic mass is 16.3. The minimum Gasteiger partial charge on any atom is -0.443 e. The number of rotatable bonds is 3. The lowest BCUT2D eigenvalue weighted by Crippen LogP contribution is -1.97.